The summed E-state index contributed by atoms with van der Waals surface area (Å²) in [6.07, 6.45) is 1.71. The van der Waals surface area contributed by atoms with E-state index in [2.05, 4.69) is 38.1 Å². The second-order valence-electron chi connectivity index (χ2n) is 10.6. The van der Waals surface area contributed by atoms with E-state index in [0.717, 1.165) is 52.2 Å². The monoisotopic (exact) mass is 482 g/mol. The van der Waals surface area contributed by atoms with Crippen LogP contribution in [0.2, 0.25) is 0 Å². The first-order chi connectivity index (χ1) is 17.4. The first-order valence-electron chi connectivity index (χ1n) is 12.8. The molecule has 6 heteroatoms. The quantitative estimate of drug-likeness (QED) is 0.366. The molecule has 6 nitrogen and oxygen atoms in total. The molecular weight excluding hydrogens is 452 g/mol. The number of aliphatic hydroxyl groups excluding tert-OH is 2. The zero-order valence-corrected chi connectivity index (χ0v) is 20.7. The van der Waals surface area contributed by atoms with Crippen molar-refractivity contribution in [2.24, 2.45) is 5.92 Å². The molecule has 0 bridgehead atoms. The highest BCUT2D eigenvalue weighted by Gasteiger charge is 2.33. The van der Waals surface area contributed by atoms with Crippen LogP contribution in [0.4, 0.5) is 0 Å². The van der Waals surface area contributed by atoms with Crippen LogP contribution in [-0.2, 0) is 30.6 Å². The number of fused-ring (bicyclic) bond motifs is 7. The Balaban J connectivity index is 1.63. The molecule has 3 heterocycles. The average molecular weight is 483 g/mol. The summed E-state index contributed by atoms with van der Waals surface area (Å²) in [6.45, 7) is 5.02. The molecule has 36 heavy (non-hydrogen) atoms. The van der Waals surface area contributed by atoms with E-state index in [-0.39, 0.29) is 24.4 Å². The molecule has 1 aliphatic heterocycles. The molecule has 1 unspecified atom stereocenters. The van der Waals surface area contributed by atoms with Gasteiger partial charge < -0.3 is 14.8 Å². The number of pyridine rings is 2. The minimum atomic E-state index is -1.24. The molecule has 1 aliphatic carbocycles. The normalized spacial score (nSPS) is 16.6. The second-order valence-corrected chi connectivity index (χ2v) is 10.6. The largest absolute Gasteiger partial charge is 0.396 e. The number of nitrogens with zero attached hydrogens (tertiary/aromatic N) is 2. The van der Waals surface area contributed by atoms with Gasteiger partial charge in [-0.05, 0) is 71.2 Å². The van der Waals surface area contributed by atoms with Gasteiger partial charge in [0.05, 0.1) is 23.4 Å². The minimum absolute atomic E-state index is 0.122. The predicted molar refractivity (Wildman–Crippen MR) is 140 cm³/mol. The van der Waals surface area contributed by atoms with E-state index in [9.17, 15) is 19.8 Å². The Morgan fingerprint density at radius 2 is 1.89 bits per heavy atom. The maximum absolute atomic E-state index is 13.5. The van der Waals surface area contributed by atoms with E-state index in [4.69, 9.17) is 4.98 Å². The molecule has 0 fully saturated rings. The number of carbonyl (C=O) groups excluding carboxylic acids is 1. The van der Waals surface area contributed by atoms with Gasteiger partial charge in [-0.3, -0.25) is 9.59 Å². The molecule has 0 spiro atoms. The molecule has 0 radical (unpaired) electrons. The minimum Gasteiger partial charge on any atom is -0.396 e. The van der Waals surface area contributed by atoms with Crippen LogP contribution in [0, 0.1) is 5.92 Å². The number of aryl methyl sites for hydroxylation is 1. The van der Waals surface area contributed by atoms with Crippen LogP contribution in [0.3, 0.4) is 0 Å². The highest BCUT2D eigenvalue weighted by Crippen LogP contribution is 2.41. The summed E-state index contributed by atoms with van der Waals surface area (Å²) < 4.78 is 1.77. The summed E-state index contributed by atoms with van der Waals surface area (Å²) in [5.74, 6) is 0.168. The molecule has 2 aromatic heterocycles. The van der Waals surface area contributed by atoms with Crippen LogP contribution in [0.15, 0.2) is 41.2 Å². The number of aliphatic hydroxyl groups is 2. The van der Waals surface area contributed by atoms with Crippen molar-refractivity contribution >= 4 is 27.5 Å². The van der Waals surface area contributed by atoms with Crippen molar-refractivity contribution in [2.45, 2.75) is 58.6 Å². The zero-order chi connectivity index (χ0) is 25.1. The van der Waals surface area contributed by atoms with Crippen LogP contribution in [-0.4, -0.2) is 32.2 Å². The van der Waals surface area contributed by atoms with Gasteiger partial charge in [0, 0.05) is 29.5 Å². The fraction of sp³-hybridized carbons (Fsp3) is 0.367. The number of hydrogen-bond acceptors (Lipinski definition) is 5. The lowest BCUT2D eigenvalue weighted by molar-refractivity contribution is -0.128. The Morgan fingerprint density at radius 3 is 2.67 bits per heavy atom. The van der Waals surface area contributed by atoms with Gasteiger partial charge in [0.2, 0.25) is 0 Å². The van der Waals surface area contributed by atoms with Gasteiger partial charge in [0.1, 0.15) is 6.10 Å². The molecule has 0 amide bonds. The third-order valence-corrected chi connectivity index (χ3v) is 7.70. The SMILES string of the molecule is CC(C)Cc1c2c(nc3ccc4ccc(CCCO)cc4c13)-c1cc3c(c(=O)n1C2)CCC(=O)C3O. The van der Waals surface area contributed by atoms with Crippen molar-refractivity contribution in [3.63, 3.8) is 0 Å². The molecule has 2 N–H and O–H groups in total. The Kier molecular flexibility index (Phi) is 5.54. The molecule has 4 aromatic rings. The number of rotatable bonds is 5. The lowest BCUT2D eigenvalue weighted by atomic mass is 9.88. The first-order valence-corrected chi connectivity index (χ1v) is 12.8. The molecular formula is C30H30N2O4. The molecule has 2 aliphatic rings. The predicted octanol–water partition coefficient (Wildman–Crippen LogP) is 4.25. The van der Waals surface area contributed by atoms with Crippen LogP contribution in [0.25, 0.3) is 33.1 Å². The van der Waals surface area contributed by atoms with E-state index < -0.39 is 6.10 Å². The van der Waals surface area contributed by atoms with Gasteiger partial charge in [-0.25, -0.2) is 4.98 Å². The molecule has 2 aromatic carbocycles. The van der Waals surface area contributed by atoms with Crippen molar-refractivity contribution in [2.75, 3.05) is 6.61 Å². The maximum Gasteiger partial charge on any atom is 0.254 e. The Hall–Kier alpha value is -3.35. The fourth-order valence-electron chi connectivity index (χ4n) is 5.97. The average Bonchev–Trinajstić information content (AvgIpc) is 3.23. The first kappa shape index (κ1) is 23.1. The molecule has 184 valence electrons. The lowest BCUT2D eigenvalue weighted by Crippen LogP contribution is -2.31. The topological polar surface area (TPSA) is 92.4 Å². The van der Waals surface area contributed by atoms with E-state index >= 15 is 0 Å². The van der Waals surface area contributed by atoms with Crippen LogP contribution in [0.5, 0.6) is 0 Å². The summed E-state index contributed by atoms with van der Waals surface area (Å²) in [5, 5.41) is 23.3. The third kappa shape index (κ3) is 3.51. The zero-order valence-electron chi connectivity index (χ0n) is 20.7. The fourth-order valence-corrected chi connectivity index (χ4v) is 5.97. The van der Waals surface area contributed by atoms with Crippen LogP contribution in [0.1, 0.15) is 60.6 Å². The Bertz CT molecular complexity index is 1620. The van der Waals surface area contributed by atoms with Gasteiger partial charge in [-0.1, -0.05) is 38.1 Å². The molecule has 6 rings (SSSR count). The highest BCUT2D eigenvalue weighted by atomic mass is 16.3. The standard InChI is InChI=1S/C30H30N2O4/c1-16(2)12-21-23-15-32-25(14-22-19(30(32)36)8-10-26(34)29(22)35)28(23)31-24-9-7-18-6-5-17(4-3-11-33)13-20(18)27(21)24/h5-7,9,13-14,16,29,33,35H,3-4,8,10-12,15H2,1-2H3. The number of benzene rings is 2. The second kappa shape index (κ2) is 8.64. The van der Waals surface area contributed by atoms with Crippen molar-refractivity contribution in [3.05, 3.63) is 74.6 Å². The summed E-state index contributed by atoms with van der Waals surface area (Å²) >= 11 is 0. The Labute approximate surface area is 209 Å². The van der Waals surface area contributed by atoms with Gasteiger partial charge in [-0.2, -0.15) is 0 Å². The number of hydrogen-bond donors (Lipinski definition) is 2. The number of Topliss-reactive ketones (excluding diaryl/α,β-unsaturated/α-hetero) is 1. The number of ketones is 1. The molecule has 1 atom stereocenters. The highest BCUT2D eigenvalue weighted by molar-refractivity contribution is 6.09. The molecule has 0 saturated carbocycles. The van der Waals surface area contributed by atoms with Crippen molar-refractivity contribution in [1.29, 1.82) is 0 Å². The maximum atomic E-state index is 13.5. The number of aromatic nitrogens is 2. The van der Waals surface area contributed by atoms with Crippen LogP contribution < -0.4 is 5.56 Å². The lowest BCUT2D eigenvalue weighted by Gasteiger charge is -2.21. The van der Waals surface area contributed by atoms with Gasteiger partial charge in [-0.15, -0.1) is 0 Å². The van der Waals surface area contributed by atoms with E-state index in [1.165, 1.54) is 11.1 Å². The van der Waals surface area contributed by atoms with Gasteiger partial charge in [0.25, 0.3) is 5.56 Å². The summed E-state index contributed by atoms with van der Waals surface area (Å²) in [5.41, 5.74) is 6.67. The van der Waals surface area contributed by atoms with E-state index in [1.807, 2.05) is 12.1 Å². The summed E-state index contributed by atoms with van der Waals surface area (Å²) in [6, 6.07) is 12.4. The molecule has 0 saturated heterocycles. The van der Waals surface area contributed by atoms with E-state index in [0.29, 0.717) is 35.7 Å². The smallest absolute Gasteiger partial charge is 0.254 e. The van der Waals surface area contributed by atoms with E-state index in [1.54, 1.807) is 4.57 Å². The third-order valence-electron chi connectivity index (χ3n) is 7.70. The van der Waals surface area contributed by atoms with Crippen LogP contribution >= 0.6 is 0 Å². The van der Waals surface area contributed by atoms with Crippen molar-refractivity contribution in [3.8, 4) is 11.4 Å². The van der Waals surface area contributed by atoms with Crippen molar-refractivity contribution < 1.29 is 15.0 Å². The van der Waals surface area contributed by atoms with Gasteiger partial charge in [0.15, 0.2) is 5.78 Å². The van der Waals surface area contributed by atoms with Gasteiger partial charge >= 0.3 is 0 Å². The van der Waals surface area contributed by atoms with Crippen molar-refractivity contribution in [1.82, 2.24) is 9.55 Å². The summed E-state index contributed by atoms with van der Waals surface area (Å²) in [4.78, 5) is 30.8. The Morgan fingerprint density at radius 1 is 1.08 bits per heavy atom. The summed E-state index contributed by atoms with van der Waals surface area (Å²) in [7, 11) is 0. The number of carbonyl (C=O) groups is 1.